The first-order valence-corrected chi connectivity index (χ1v) is 7.22. The van der Waals surface area contributed by atoms with Crippen LogP contribution in [0.4, 0.5) is 4.39 Å². The first-order valence-electron chi connectivity index (χ1n) is 5.86. The van der Waals surface area contributed by atoms with Crippen molar-refractivity contribution in [3.63, 3.8) is 0 Å². The molecule has 0 unspecified atom stereocenters. The fourth-order valence-corrected chi connectivity index (χ4v) is 2.86. The number of halogens is 2. The van der Waals surface area contributed by atoms with Gasteiger partial charge in [-0.05, 0) is 17.7 Å². The number of thioether (sulfide) groups is 1. The fourth-order valence-electron chi connectivity index (χ4n) is 1.64. The lowest BCUT2D eigenvalue weighted by Crippen LogP contribution is -2.03. The maximum atomic E-state index is 13.9. The largest absolute Gasteiger partial charge is 0.465 e. The molecule has 0 spiro atoms. The molecular formula is C15H12ClFO2S. The molecule has 0 aliphatic heterocycles. The highest BCUT2D eigenvalue weighted by molar-refractivity contribution is 7.98. The molecule has 2 aromatic rings. The van der Waals surface area contributed by atoms with E-state index >= 15 is 0 Å². The quantitative estimate of drug-likeness (QED) is 0.612. The van der Waals surface area contributed by atoms with Crippen molar-refractivity contribution < 1.29 is 13.9 Å². The van der Waals surface area contributed by atoms with E-state index in [-0.39, 0.29) is 10.6 Å². The lowest BCUT2D eigenvalue weighted by molar-refractivity contribution is 0.0600. The van der Waals surface area contributed by atoms with Crippen molar-refractivity contribution in [2.24, 2.45) is 0 Å². The van der Waals surface area contributed by atoms with Crippen LogP contribution in [0.15, 0.2) is 47.4 Å². The zero-order valence-electron chi connectivity index (χ0n) is 10.7. The molecule has 0 fully saturated rings. The molecule has 2 rings (SSSR count). The SMILES string of the molecule is COC(=O)c1cc(F)c(SCc2ccccc2)cc1Cl. The summed E-state index contributed by atoms with van der Waals surface area (Å²) in [6.07, 6.45) is 0. The van der Waals surface area contributed by atoms with Crippen LogP contribution < -0.4 is 0 Å². The second-order valence-corrected chi connectivity index (χ2v) is 5.45. The Bertz CT molecular complexity index is 617. The molecule has 0 atom stereocenters. The van der Waals surface area contributed by atoms with E-state index in [1.54, 1.807) is 0 Å². The van der Waals surface area contributed by atoms with Gasteiger partial charge >= 0.3 is 5.97 Å². The van der Waals surface area contributed by atoms with Gasteiger partial charge in [0.05, 0.1) is 17.7 Å². The molecule has 0 bridgehead atoms. The molecular weight excluding hydrogens is 299 g/mol. The number of carbonyl (C=O) groups is 1. The Morgan fingerprint density at radius 2 is 2.00 bits per heavy atom. The molecule has 0 N–H and O–H groups in total. The van der Waals surface area contributed by atoms with Crippen molar-refractivity contribution in [2.75, 3.05) is 7.11 Å². The summed E-state index contributed by atoms with van der Waals surface area (Å²) in [5.74, 6) is -0.490. The monoisotopic (exact) mass is 310 g/mol. The minimum atomic E-state index is -0.645. The van der Waals surface area contributed by atoms with E-state index in [9.17, 15) is 9.18 Å². The van der Waals surface area contributed by atoms with Gasteiger partial charge < -0.3 is 4.74 Å². The Balaban J connectivity index is 2.17. The van der Waals surface area contributed by atoms with Crippen molar-refractivity contribution >= 4 is 29.3 Å². The standard InChI is InChI=1S/C15H12ClFO2S/c1-19-15(18)11-7-13(17)14(8-12(11)16)20-9-10-5-3-2-4-6-10/h2-8H,9H2,1H3. The van der Waals surface area contributed by atoms with Gasteiger partial charge in [0, 0.05) is 10.6 Å². The van der Waals surface area contributed by atoms with Crippen molar-refractivity contribution in [1.82, 2.24) is 0 Å². The van der Waals surface area contributed by atoms with E-state index in [2.05, 4.69) is 4.74 Å². The van der Waals surface area contributed by atoms with Crippen LogP contribution in [0.25, 0.3) is 0 Å². The summed E-state index contributed by atoms with van der Waals surface area (Å²) in [5.41, 5.74) is 1.13. The molecule has 0 saturated carbocycles. The highest BCUT2D eigenvalue weighted by Crippen LogP contribution is 2.30. The molecule has 2 aromatic carbocycles. The molecule has 0 aliphatic carbocycles. The Morgan fingerprint density at radius 3 is 2.65 bits per heavy atom. The summed E-state index contributed by atoms with van der Waals surface area (Å²) >= 11 is 7.31. The second-order valence-electron chi connectivity index (χ2n) is 4.03. The molecule has 2 nitrogen and oxygen atoms in total. The normalized spacial score (nSPS) is 10.3. The Hall–Kier alpha value is -1.52. The minimum absolute atomic E-state index is 0.0377. The number of hydrogen-bond acceptors (Lipinski definition) is 3. The van der Waals surface area contributed by atoms with Gasteiger partial charge in [-0.15, -0.1) is 11.8 Å². The maximum Gasteiger partial charge on any atom is 0.339 e. The van der Waals surface area contributed by atoms with Crippen LogP contribution in [0.3, 0.4) is 0 Å². The summed E-state index contributed by atoms with van der Waals surface area (Å²) in [4.78, 5) is 11.8. The summed E-state index contributed by atoms with van der Waals surface area (Å²) in [7, 11) is 1.23. The van der Waals surface area contributed by atoms with Gasteiger partial charge in [-0.3, -0.25) is 0 Å². The summed E-state index contributed by atoms with van der Waals surface area (Å²) in [5, 5.41) is 0.189. The van der Waals surface area contributed by atoms with Gasteiger partial charge in [-0.2, -0.15) is 0 Å². The molecule has 0 radical (unpaired) electrons. The number of carbonyl (C=O) groups excluding carboxylic acids is 1. The molecule has 5 heteroatoms. The maximum absolute atomic E-state index is 13.9. The lowest BCUT2D eigenvalue weighted by atomic mass is 10.2. The van der Waals surface area contributed by atoms with Gasteiger partial charge in [0.25, 0.3) is 0 Å². The Kier molecular flexibility index (Phi) is 5.04. The van der Waals surface area contributed by atoms with Crippen molar-refractivity contribution in [3.05, 3.63) is 64.4 Å². The third kappa shape index (κ3) is 3.52. The zero-order valence-corrected chi connectivity index (χ0v) is 12.3. The number of benzene rings is 2. The zero-order chi connectivity index (χ0) is 14.5. The summed E-state index contributed by atoms with van der Waals surface area (Å²) in [6, 6.07) is 12.3. The molecule has 104 valence electrons. The molecule has 0 aromatic heterocycles. The van der Waals surface area contributed by atoms with Gasteiger partial charge in [0.1, 0.15) is 5.82 Å². The number of methoxy groups -OCH3 is 1. The Morgan fingerprint density at radius 1 is 1.30 bits per heavy atom. The van der Waals surface area contributed by atoms with Gasteiger partial charge in [0.2, 0.25) is 0 Å². The van der Waals surface area contributed by atoms with Crippen molar-refractivity contribution in [2.45, 2.75) is 10.6 Å². The topological polar surface area (TPSA) is 26.3 Å². The molecule has 0 amide bonds. The third-order valence-electron chi connectivity index (χ3n) is 2.66. The Labute approximate surface area is 125 Å². The van der Waals surface area contributed by atoms with Crippen LogP contribution in [-0.4, -0.2) is 13.1 Å². The number of rotatable bonds is 4. The van der Waals surface area contributed by atoms with Crippen molar-refractivity contribution in [3.8, 4) is 0 Å². The van der Waals surface area contributed by atoms with Crippen LogP contribution in [-0.2, 0) is 10.5 Å². The smallest absolute Gasteiger partial charge is 0.339 e. The van der Waals surface area contributed by atoms with Crippen LogP contribution in [0.1, 0.15) is 15.9 Å². The van der Waals surface area contributed by atoms with E-state index in [0.717, 1.165) is 11.6 Å². The van der Waals surface area contributed by atoms with Crippen LogP contribution >= 0.6 is 23.4 Å². The van der Waals surface area contributed by atoms with Crippen LogP contribution in [0.5, 0.6) is 0 Å². The fraction of sp³-hybridized carbons (Fsp3) is 0.133. The van der Waals surface area contributed by atoms with Gasteiger partial charge in [-0.25, -0.2) is 9.18 Å². The van der Waals surface area contributed by atoms with Gasteiger partial charge in [-0.1, -0.05) is 41.9 Å². The molecule has 0 heterocycles. The van der Waals surface area contributed by atoms with Crippen LogP contribution in [0, 0.1) is 5.82 Å². The minimum Gasteiger partial charge on any atom is -0.465 e. The highest BCUT2D eigenvalue weighted by atomic mass is 35.5. The highest BCUT2D eigenvalue weighted by Gasteiger charge is 2.15. The lowest BCUT2D eigenvalue weighted by Gasteiger charge is -2.07. The third-order valence-corrected chi connectivity index (χ3v) is 4.08. The number of ether oxygens (including phenoxy) is 1. The first kappa shape index (κ1) is 14.9. The van der Waals surface area contributed by atoms with Crippen molar-refractivity contribution in [1.29, 1.82) is 0 Å². The van der Waals surface area contributed by atoms with Gasteiger partial charge in [0.15, 0.2) is 0 Å². The van der Waals surface area contributed by atoms with E-state index in [1.165, 1.54) is 24.9 Å². The second kappa shape index (κ2) is 6.77. The van der Waals surface area contributed by atoms with E-state index < -0.39 is 11.8 Å². The molecule has 0 saturated heterocycles. The summed E-state index contributed by atoms with van der Waals surface area (Å²) in [6.45, 7) is 0. The average Bonchev–Trinajstić information content (AvgIpc) is 2.48. The summed E-state index contributed by atoms with van der Waals surface area (Å²) < 4.78 is 18.5. The van der Waals surface area contributed by atoms with E-state index in [1.807, 2.05) is 30.3 Å². The molecule has 0 aliphatic rings. The van der Waals surface area contributed by atoms with E-state index in [0.29, 0.717) is 10.6 Å². The number of esters is 1. The predicted molar refractivity (Wildman–Crippen MR) is 78.8 cm³/mol. The molecule has 20 heavy (non-hydrogen) atoms. The van der Waals surface area contributed by atoms with E-state index in [4.69, 9.17) is 11.6 Å². The first-order chi connectivity index (χ1) is 9.61. The predicted octanol–water partition coefficient (Wildman–Crippen LogP) is 4.56. The van der Waals surface area contributed by atoms with Crippen LogP contribution in [0.2, 0.25) is 5.02 Å². The average molecular weight is 311 g/mol. The number of hydrogen-bond donors (Lipinski definition) is 0.